The Bertz CT molecular complexity index is 1510. The lowest BCUT2D eigenvalue weighted by atomic mass is 9.86. The van der Waals surface area contributed by atoms with E-state index in [1.54, 1.807) is 0 Å². The SMILES string of the molecule is Cc1cc(Nc2ccc(-c3sc(C4CCC(NC(=O)OC(C)C)CC4)nc3C(O)(O)O)c(SNC(C)(C)C)c2)nn1C1CCCCO1. The number of alkyl carbamates (subject to hydrolysis) is 1. The molecule has 1 aromatic carbocycles. The van der Waals surface area contributed by atoms with Crippen LogP contribution < -0.4 is 15.4 Å². The molecular formula is C33H48N6O6S2. The molecule has 12 nitrogen and oxygen atoms in total. The van der Waals surface area contributed by atoms with Crippen LogP contribution in [-0.2, 0) is 15.4 Å². The standard InChI is InChI=1S/C33H48N6O6S2/c1-19(2)45-31(40)35-22-12-10-21(11-13-22)30-36-29(33(41,42)43)28(46-30)24-15-14-23(18-25(24)47-38-32(4,5)6)34-26-17-20(3)39(37-26)27-9-7-8-16-44-27/h14-15,17-19,21-22,27,38,41-43H,7-13,16H2,1-6H3,(H,34,37)(H,35,40). The number of benzene rings is 1. The Morgan fingerprint density at radius 3 is 2.49 bits per heavy atom. The Morgan fingerprint density at radius 1 is 1.11 bits per heavy atom. The Labute approximate surface area is 284 Å². The highest BCUT2D eigenvalue weighted by molar-refractivity contribution is 7.97. The van der Waals surface area contributed by atoms with Gasteiger partial charge in [-0.2, -0.15) is 5.10 Å². The number of aliphatic hydroxyl groups is 3. The minimum Gasteiger partial charge on any atom is -0.447 e. The first-order valence-electron chi connectivity index (χ1n) is 16.3. The van der Waals surface area contributed by atoms with E-state index < -0.39 is 12.1 Å². The molecule has 1 atom stereocenters. The second-order valence-corrected chi connectivity index (χ2v) is 15.6. The molecule has 1 aliphatic carbocycles. The van der Waals surface area contributed by atoms with Crippen molar-refractivity contribution in [2.45, 2.75) is 127 Å². The van der Waals surface area contributed by atoms with Gasteiger partial charge in [0.15, 0.2) is 12.0 Å². The topological polar surface area (TPSA) is 163 Å². The van der Waals surface area contributed by atoms with E-state index in [1.807, 2.05) is 49.7 Å². The highest BCUT2D eigenvalue weighted by atomic mass is 32.2. The van der Waals surface area contributed by atoms with Crippen molar-refractivity contribution in [2.75, 3.05) is 11.9 Å². The van der Waals surface area contributed by atoms with Crippen molar-refractivity contribution in [1.29, 1.82) is 0 Å². The van der Waals surface area contributed by atoms with E-state index in [1.165, 1.54) is 23.3 Å². The lowest BCUT2D eigenvalue weighted by Gasteiger charge is -2.28. The molecule has 3 heterocycles. The number of hydrogen-bond donors (Lipinski definition) is 6. The molecule has 6 N–H and O–H groups in total. The van der Waals surface area contributed by atoms with Crippen LogP contribution in [0.3, 0.4) is 0 Å². The quantitative estimate of drug-likeness (QED) is 0.103. The molecule has 0 bridgehead atoms. The highest BCUT2D eigenvalue weighted by Gasteiger charge is 2.35. The predicted octanol–water partition coefficient (Wildman–Crippen LogP) is 6.40. The summed E-state index contributed by atoms with van der Waals surface area (Å²) in [7, 11) is 0. The zero-order valence-electron chi connectivity index (χ0n) is 28.0. The molecule has 5 rings (SSSR count). The second kappa shape index (κ2) is 14.8. The summed E-state index contributed by atoms with van der Waals surface area (Å²) in [6, 6.07) is 7.78. The zero-order valence-corrected chi connectivity index (χ0v) is 29.6. The van der Waals surface area contributed by atoms with Crippen molar-refractivity contribution in [2.24, 2.45) is 0 Å². The van der Waals surface area contributed by atoms with E-state index in [0.29, 0.717) is 21.3 Å². The summed E-state index contributed by atoms with van der Waals surface area (Å²) in [6.45, 7) is 12.6. The van der Waals surface area contributed by atoms with Crippen molar-refractivity contribution in [3.63, 3.8) is 0 Å². The van der Waals surface area contributed by atoms with Crippen molar-refractivity contribution < 1.29 is 29.6 Å². The van der Waals surface area contributed by atoms with E-state index in [4.69, 9.17) is 14.6 Å². The van der Waals surface area contributed by atoms with Crippen LogP contribution in [-0.4, -0.2) is 60.5 Å². The Kier molecular flexibility index (Phi) is 11.2. The summed E-state index contributed by atoms with van der Waals surface area (Å²) >= 11 is 2.78. The molecule has 2 fully saturated rings. The summed E-state index contributed by atoms with van der Waals surface area (Å²) in [5.41, 5.74) is 2.11. The molecule has 1 saturated heterocycles. The van der Waals surface area contributed by atoms with Gasteiger partial charge in [0.25, 0.3) is 0 Å². The molecule has 1 aliphatic heterocycles. The van der Waals surface area contributed by atoms with Gasteiger partial charge in [-0.1, -0.05) is 6.07 Å². The minimum absolute atomic E-state index is 0.000846. The number of amides is 1. The molecule has 14 heteroatoms. The van der Waals surface area contributed by atoms with Crippen LogP contribution in [0.1, 0.15) is 108 Å². The molecule has 47 heavy (non-hydrogen) atoms. The number of ether oxygens (including phenoxy) is 2. The van der Waals surface area contributed by atoms with Crippen LogP contribution in [0.4, 0.5) is 16.3 Å². The van der Waals surface area contributed by atoms with Gasteiger partial charge >= 0.3 is 12.1 Å². The van der Waals surface area contributed by atoms with E-state index in [9.17, 15) is 20.1 Å². The van der Waals surface area contributed by atoms with E-state index >= 15 is 0 Å². The largest absolute Gasteiger partial charge is 0.447 e. The van der Waals surface area contributed by atoms with Gasteiger partial charge in [0.1, 0.15) is 5.69 Å². The smallest absolute Gasteiger partial charge is 0.407 e. The third-order valence-electron chi connectivity index (χ3n) is 8.02. The molecule has 2 aromatic heterocycles. The van der Waals surface area contributed by atoms with Gasteiger partial charge in [-0.05, 0) is 111 Å². The van der Waals surface area contributed by atoms with Gasteiger partial charge in [0.05, 0.1) is 16.0 Å². The molecule has 0 spiro atoms. The molecule has 1 saturated carbocycles. The number of aryl methyl sites for hydroxylation is 1. The average Bonchev–Trinajstić information content (AvgIpc) is 3.60. The number of anilines is 2. The lowest BCUT2D eigenvalue weighted by molar-refractivity contribution is -0.325. The first-order valence-corrected chi connectivity index (χ1v) is 18.0. The van der Waals surface area contributed by atoms with Gasteiger partial charge in [-0.3, -0.25) is 4.72 Å². The minimum atomic E-state index is -3.12. The second-order valence-electron chi connectivity index (χ2n) is 13.7. The maximum Gasteiger partial charge on any atom is 0.407 e. The fourth-order valence-corrected chi connectivity index (χ4v) is 8.07. The van der Waals surface area contributed by atoms with E-state index in [-0.39, 0.29) is 35.5 Å². The van der Waals surface area contributed by atoms with Crippen molar-refractivity contribution >= 4 is 40.9 Å². The monoisotopic (exact) mass is 688 g/mol. The van der Waals surface area contributed by atoms with Crippen LogP contribution in [0.15, 0.2) is 29.2 Å². The number of hydrogen-bond acceptors (Lipinski definition) is 12. The summed E-state index contributed by atoms with van der Waals surface area (Å²) in [5, 5.41) is 43.1. The van der Waals surface area contributed by atoms with Crippen LogP contribution in [0.5, 0.6) is 0 Å². The van der Waals surface area contributed by atoms with Gasteiger partial charge in [-0.25, -0.2) is 14.5 Å². The van der Waals surface area contributed by atoms with Crippen molar-refractivity contribution in [3.8, 4) is 10.4 Å². The van der Waals surface area contributed by atoms with Crippen LogP contribution in [0, 0.1) is 6.92 Å². The van der Waals surface area contributed by atoms with Gasteiger partial charge in [-0.15, -0.1) is 11.3 Å². The van der Waals surface area contributed by atoms with Gasteiger partial charge < -0.3 is 35.4 Å². The fraction of sp³-hybridized carbons (Fsp3) is 0.606. The van der Waals surface area contributed by atoms with Crippen LogP contribution in [0.2, 0.25) is 0 Å². The van der Waals surface area contributed by atoms with Gasteiger partial charge in [0, 0.05) is 52.0 Å². The first-order chi connectivity index (χ1) is 22.2. The third-order valence-corrected chi connectivity index (χ3v) is 10.5. The van der Waals surface area contributed by atoms with Crippen molar-refractivity contribution in [1.82, 2.24) is 24.8 Å². The van der Waals surface area contributed by atoms with Crippen molar-refractivity contribution in [3.05, 3.63) is 40.7 Å². The van der Waals surface area contributed by atoms with E-state index in [0.717, 1.165) is 67.8 Å². The molecular weight excluding hydrogens is 641 g/mol. The first kappa shape index (κ1) is 35.6. The van der Waals surface area contributed by atoms with E-state index in [2.05, 4.69) is 41.1 Å². The summed E-state index contributed by atoms with van der Waals surface area (Å²) in [6.07, 6.45) is 5.43. The molecule has 3 aromatic rings. The molecule has 258 valence electrons. The normalized spacial score (nSPS) is 20.8. The summed E-state index contributed by atoms with van der Waals surface area (Å²) in [5.74, 6) is -2.37. The maximum absolute atomic E-state index is 12.1. The Balaban J connectivity index is 1.40. The Morgan fingerprint density at radius 2 is 1.85 bits per heavy atom. The molecule has 1 amide bonds. The average molecular weight is 689 g/mol. The van der Waals surface area contributed by atoms with Gasteiger partial charge in [0.2, 0.25) is 0 Å². The number of nitrogens with one attached hydrogen (secondary N) is 3. The van der Waals surface area contributed by atoms with Crippen LogP contribution >= 0.6 is 23.3 Å². The predicted molar refractivity (Wildman–Crippen MR) is 183 cm³/mol. The molecule has 1 unspecified atom stereocenters. The number of aromatic nitrogens is 3. The summed E-state index contributed by atoms with van der Waals surface area (Å²) < 4.78 is 16.6. The Hall–Kier alpha value is -2.72. The fourth-order valence-electron chi connectivity index (χ4n) is 5.81. The number of rotatable bonds is 10. The van der Waals surface area contributed by atoms with Crippen LogP contribution in [0.25, 0.3) is 10.4 Å². The summed E-state index contributed by atoms with van der Waals surface area (Å²) in [4.78, 5) is 18.0. The number of carbonyl (C=O) groups excluding carboxylic acids is 1. The maximum atomic E-state index is 12.1. The zero-order chi connectivity index (χ0) is 33.9. The number of carbonyl (C=O) groups is 1. The number of nitrogens with zero attached hydrogens (tertiary/aromatic N) is 3. The number of thiazole rings is 1. The third kappa shape index (κ3) is 9.46. The lowest BCUT2D eigenvalue weighted by Crippen LogP contribution is -2.38. The molecule has 2 aliphatic rings. The molecule has 0 radical (unpaired) electrons. The highest BCUT2D eigenvalue weighted by Crippen LogP contribution is 2.45.